The number of rotatable bonds is 5. The molecule has 2 aromatic heterocycles. The number of amides is 1. The average Bonchev–Trinajstić information content (AvgIpc) is 3.20. The van der Waals surface area contributed by atoms with Crippen LogP contribution in [0.25, 0.3) is 0 Å². The molecule has 0 aromatic carbocycles. The number of aryl methyl sites for hydroxylation is 2. The van der Waals surface area contributed by atoms with Crippen molar-refractivity contribution in [3.8, 4) is 0 Å². The maximum Gasteiger partial charge on any atom is 0.217 e. The van der Waals surface area contributed by atoms with Crippen LogP contribution in [0, 0.1) is 6.92 Å². The fourth-order valence-corrected chi connectivity index (χ4v) is 4.25. The van der Waals surface area contributed by atoms with E-state index in [2.05, 4.69) is 33.3 Å². The van der Waals surface area contributed by atoms with Crippen LogP contribution in [0.15, 0.2) is 17.6 Å². The molecule has 1 saturated heterocycles. The molecule has 2 aromatic rings. The number of carbonyl (C=O) groups excluding carboxylic acids is 1. The fourth-order valence-electron chi connectivity index (χ4n) is 3.27. The molecule has 23 heavy (non-hydrogen) atoms. The van der Waals surface area contributed by atoms with Gasteiger partial charge in [0.2, 0.25) is 5.91 Å². The van der Waals surface area contributed by atoms with Gasteiger partial charge in [0.05, 0.1) is 5.69 Å². The summed E-state index contributed by atoms with van der Waals surface area (Å²) in [6.07, 6.45) is 2.74. The summed E-state index contributed by atoms with van der Waals surface area (Å²) in [6, 6.07) is 2.06. The van der Waals surface area contributed by atoms with Crippen LogP contribution in [0.5, 0.6) is 0 Å². The summed E-state index contributed by atoms with van der Waals surface area (Å²) in [7, 11) is 0. The average molecular weight is 333 g/mol. The predicted octanol–water partition coefficient (Wildman–Crippen LogP) is 1.91. The van der Waals surface area contributed by atoms with E-state index in [4.69, 9.17) is 0 Å². The van der Waals surface area contributed by atoms with E-state index >= 15 is 0 Å². The number of aromatic nitrogens is 3. The normalized spacial score (nSPS) is 21.7. The number of thiazole rings is 1. The third kappa shape index (κ3) is 3.30. The third-order valence-electron chi connectivity index (χ3n) is 4.28. The van der Waals surface area contributed by atoms with E-state index in [-0.39, 0.29) is 11.4 Å². The molecule has 1 amide bonds. The number of nitrogens with one attached hydrogen (secondary N) is 1. The highest BCUT2D eigenvalue weighted by Crippen LogP contribution is 2.34. The van der Waals surface area contributed by atoms with Gasteiger partial charge in [-0.2, -0.15) is 5.10 Å². The Balaban J connectivity index is 1.79. The molecule has 1 atom stereocenters. The van der Waals surface area contributed by atoms with Crippen molar-refractivity contribution in [2.75, 3.05) is 13.1 Å². The van der Waals surface area contributed by atoms with Gasteiger partial charge in [-0.05, 0) is 26.3 Å². The van der Waals surface area contributed by atoms with Gasteiger partial charge in [-0.3, -0.25) is 14.4 Å². The quantitative estimate of drug-likeness (QED) is 0.908. The number of carbonyl (C=O) groups is 1. The van der Waals surface area contributed by atoms with E-state index in [1.54, 1.807) is 18.3 Å². The van der Waals surface area contributed by atoms with E-state index in [9.17, 15) is 4.79 Å². The minimum Gasteiger partial charge on any atom is -0.343 e. The van der Waals surface area contributed by atoms with Crippen LogP contribution >= 0.6 is 11.3 Å². The molecular weight excluding hydrogens is 310 g/mol. The summed E-state index contributed by atoms with van der Waals surface area (Å²) in [5.41, 5.74) is 1.86. The highest BCUT2D eigenvalue weighted by Gasteiger charge is 2.42. The Morgan fingerprint density at radius 1 is 1.52 bits per heavy atom. The zero-order chi connectivity index (χ0) is 16.4. The Hall–Kier alpha value is -1.73. The van der Waals surface area contributed by atoms with Gasteiger partial charge >= 0.3 is 0 Å². The number of nitrogens with zero attached hydrogens (tertiary/aromatic N) is 4. The summed E-state index contributed by atoms with van der Waals surface area (Å²) in [5.74, 6) is -0.00157. The molecule has 0 bridgehead atoms. The minimum absolute atomic E-state index is 0.00157. The molecule has 7 heteroatoms. The van der Waals surface area contributed by atoms with Crippen molar-refractivity contribution in [3.63, 3.8) is 0 Å². The summed E-state index contributed by atoms with van der Waals surface area (Å²) in [5, 5.41) is 10.6. The summed E-state index contributed by atoms with van der Waals surface area (Å²) in [4.78, 5) is 18.8. The molecule has 0 radical (unpaired) electrons. The van der Waals surface area contributed by atoms with Gasteiger partial charge in [-0.25, -0.2) is 4.98 Å². The van der Waals surface area contributed by atoms with Crippen molar-refractivity contribution < 1.29 is 4.79 Å². The standard InChI is InChI=1S/C16H23N5OS/c1-4-21-14(5-7-17-21)9-20-8-6-16(11-20,19-13(3)22)15-18-12(2)10-23-15/h5,7,10H,4,6,8-9,11H2,1-3H3,(H,19,22). The molecule has 0 spiro atoms. The maximum absolute atomic E-state index is 11.7. The SMILES string of the molecule is CCn1nccc1CN1CCC(NC(C)=O)(c2nc(C)cs2)C1. The van der Waals surface area contributed by atoms with Crippen molar-refractivity contribution in [2.24, 2.45) is 0 Å². The first-order valence-corrected chi connectivity index (χ1v) is 8.85. The largest absolute Gasteiger partial charge is 0.343 e. The molecule has 124 valence electrons. The van der Waals surface area contributed by atoms with E-state index in [0.29, 0.717) is 0 Å². The highest BCUT2D eigenvalue weighted by atomic mass is 32.1. The van der Waals surface area contributed by atoms with Crippen LogP contribution in [0.4, 0.5) is 0 Å². The highest BCUT2D eigenvalue weighted by molar-refractivity contribution is 7.09. The lowest BCUT2D eigenvalue weighted by Crippen LogP contribution is -2.47. The van der Waals surface area contributed by atoms with Crippen molar-refractivity contribution >= 4 is 17.2 Å². The Kier molecular flexibility index (Phi) is 4.50. The van der Waals surface area contributed by atoms with Crippen molar-refractivity contribution in [3.05, 3.63) is 34.0 Å². The van der Waals surface area contributed by atoms with Crippen LogP contribution in [0.2, 0.25) is 0 Å². The third-order valence-corrected chi connectivity index (χ3v) is 5.45. The van der Waals surface area contributed by atoms with Crippen molar-refractivity contribution in [1.29, 1.82) is 0 Å². The second-order valence-corrected chi connectivity index (χ2v) is 7.01. The summed E-state index contributed by atoms with van der Waals surface area (Å²) >= 11 is 1.64. The molecule has 0 aliphatic carbocycles. The van der Waals surface area contributed by atoms with Crippen LogP contribution in [0.1, 0.15) is 36.7 Å². The smallest absolute Gasteiger partial charge is 0.217 e. The van der Waals surface area contributed by atoms with Crippen molar-refractivity contribution in [1.82, 2.24) is 25.0 Å². The van der Waals surface area contributed by atoms with Gasteiger partial charge < -0.3 is 5.32 Å². The van der Waals surface area contributed by atoms with Gasteiger partial charge in [0.15, 0.2) is 0 Å². The van der Waals surface area contributed by atoms with E-state index in [1.165, 1.54) is 5.69 Å². The molecule has 1 fully saturated rings. The summed E-state index contributed by atoms with van der Waals surface area (Å²) < 4.78 is 2.02. The Morgan fingerprint density at radius 3 is 3.00 bits per heavy atom. The monoisotopic (exact) mass is 333 g/mol. The van der Waals surface area contributed by atoms with Crippen LogP contribution in [-0.4, -0.2) is 38.7 Å². The first kappa shape index (κ1) is 16.1. The minimum atomic E-state index is -0.359. The van der Waals surface area contributed by atoms with Crippen molar-refractivity contribution in [2.45, 2.75) is 45.8 Å². The molecule has 0 saturated carbocycles. The molecular formula is C16H23N5OS. The summed E-state index contributed by atoms with van der Waals surface area (Å²) in [6.45, 7) is 9.12. The zero-order valence-corrected chi connectivity index (χ0v) is 14.7. The lowest BCUT2D eigenvalue weighted by Gasteiger charge is -2.28. The van der Waals surface area contributed by atoms with Gasteiger partial charge in [0.1, 0.15) is 10.5 Å². The topological polar surface area (TPSA) is 63.1 Å². The van der Waals surface area contributed by atoms with E-state index in [0.717, 1.165) is 43.3 Å². The van der Waals surface area contributed by atoms with Gasteiger partial charge in [-0.1, -0.05) is 0 Å². The fraction of sp³-hybridized carbons (Fsp3) is 0.562. The van der Waals surface area contributed by atoms with Crippen LogP contribution < -0.4 is 5.32 Å². The lowest BCUT2D eigenvalue weighted by molar-refractivity contribution is -0.120. The van der Waals surface area contributed by atoms with Gasteiger partial charge in [-0.15, -0.1) is 11.3 Å². The maximum atomic E-state index is 11.7. The number of likely N-dealkylation sites (tertiary alicyclic amines) is 1. The first-order chi connectivity index (χ1) is 11.0. The second-order valence-electron chi connectivity index (χ2n) is 6.16. The Bertz CT molecular complexity index is 694. The predicted molar refractivity (Wildman–Crippen MR) is 90.1 cm³/mol. The van der Waals surface area contributed by atoms with Crippen LogP contribution in [-0.2, 0) is 23.4 Å². The molecule has 1 aliphatic heterocycles. The van der Waals surface area contributed by atoms with E-state index in [1.807, 2.05) is 23.2 Å². The van der Waals surface area contributed by atoms with Gasteiger partial charge in [0.25, 0.3) is 0 Å². The molecule has 1 aliphatic rings. The number of hydrogen-bond acceptors (Lipinski definition) is 5. The Labute approximate surface area is 140 Å². The van der Waals surface area contributed by atoms with E-state index < -0.39 is 0 Å². The molecule has 1 N–H and O–H groups in total. The number of hydrogen-bond donors (Lipinski definition) is 1. The Morgan fingerprint density at radius 2 is 2.35 bits per heavy atom. The molecule has 6 nitrogen and oxygen atoms in total. The molecule has 3 heterocycles. The van der Waals surface area contributed by atoms with Crippen LogP contribution in [0.3, 0.4) is 0 Å². The second kappa shape index (κ2) is 6.41. The lowest BCUT2D eigenvalue weighted by atomic mass is 9.99. The van der Waals surface area contributed by atoms with Gasteiger partial charge in [0, 0.05) is 50.4 Å². The molecule has 1 unspecified atom stereocenters. The zero-order valence-electron chi connectivity index (χ0n) is 13.9. The molecule has 3 rings (SSSR count). The first-order valence-electron chi connectivity index (χ1n) is 7.97.